The van der Waals surface area contributed by atoms with Crippen molar-refractivity contribution in [3.63, 3.8) is 0 Å². The van der Waals surface area contributed by atoms with Crippen LogP contribution in [0, 0.1) is 0 Å². The average molecular weight is 171 g/mol. The Hall–Kier alpha value is -1.10. The van der Waals surface area contributed by atoms with Crippen molar-refractivity contribution in [1.29, 1.82) is 0 Å². The standard InChI is InChI=1S/C7H13N3O2/c1-9-4-6(11)10-3-2-5(10)7(8)12/h5,9H,2-4H2,1H3,(H2,8,12). The Morgan fingerprint density at radius 3 is 2.67 bits per heavy atom. The Morgan fingerprint density at radius 2 is 2.33 bits per heavy atom. The monoisotopic (exact) mass is 171 g/mol. The highest BCUT2D eigenvalue weighted by atomic mass is 16.2. The number of likely N-dealkylation sites (tertiary alicyclic amines) is 1. The summed E-state index contributed by atoms with van der Waals surface area (Å²) in [6.07, 6.45) is 0.699. The summed E-state index contributed by atoms with van der Waals surface area (Å²) < 4.78 is 0. The van der Waals surface area contributed by atoms with Gasteiger partial charge < -0.3 is 16.0 Å². The van der Waals surface area contributed by atoms with Gasteiger partial charge in [-0.3, -0.25) is 9.59 Å². The number of likely N-dealkylation sites (N-methyl/N-ethyl adjacent to an activating group) is 1. The Balaban J connectivity index is 2.43. The molecule has 68 valence electrons. The van der Waals surface area contributed by atoms with Crippen LogP contribution in [0.5, 0.6) is 0 Å². The predicted molar refractivity (Wildman–Crippen MR) is 43.2 cm³/mol. The zero-order valence-electron chi connectivity index (χ0n) is 7.04. The summed E-state index contributed by atoms with van der Waals surface area (Å²) in [6, 6.07) is -0.370. The van der Waals surface area contributed by atoms with E-state index in [1.54, 1.807) is 7.05 Å². The molecule has 5 heteroatoms. The molecule has 0 bridgehead atoms. The lowest BCUT2D eigenvalue weighted by molar-refractivity contribution is -0.145. The van der Waals surface area contributed by atoms with E-state index in [0.29, 0.717) is 13.0 Å². The van der Waals surface area contributed by atoms with E-state index >= 15 is 0 Å². The molecular formula is C7H13N3O2. The van der Waals surface area contributed by atoms with E-state index in [2.05, 4.69) is 5.32 Å². The van der Waals surface area contributed by atoms with Crippen molar-refractivity contribution >= 4 is 11.8 Å². The zero-order chi connectivity index (χ0) is 9.14. The molecular weight excluding hydrogens is 158 g/mol. The quantitative estimate of drug-likeness (QED) is 0.531. The van der Waals surface area contributed by atoms with Crippen LogP contribution in [0.1, 0.15) is 6.42 Å². The summed E-state index contributed by atoms with van der Waals surface area (Å²) in [4.78, 5) is 23.4. The van der Waals surface area contributed by atoms with Gasteiger partial charge >= 0.3 is 0 Å². The molecule has 0 aliphatic carbocycles. The molecule has 0 aromatic heterocycles. The van der Waals surface area contributed by atoms with Gasteiger partial charge in [-0.05, 0) is 13.5 Å². The smallest absolute Gasteiger partial charge is 0.240 e. The first kappa shape index (κ1) is 8.99. The molecule has 1 heterocycles. The molecule has 1 aliphatic heterocycles. The summed E-state index contributed by atoms with van der Waals surface area (Å²) in [5.41, 5.74) is 5.07. The van der Waals surface area contributed by atoms with Crippen molar-refractivity contribution in [1.82, 2.24) is 10.2 Å². The van der Waals surface area contributed by atoms with E-state index in [9.17, 15) is 9.59 Å². The minimum absolute atomic E-state index is 0.0625. The summed E-state index contributed by atoms with van der Waals surface area (Å²) in [5, 5.41) is 2.73. The molecule has 12 heavy (non-hydrogen) atoms. The highest BCUT2D eigenvalue weighted by Gasteiger charge is 2.35. The van der Waals surface area contributed by atoms with Crippen molar-refractivity contribution in [2.45, 2.75) is 12.5 Å². The number of carbonyl (C=O) groups is 2. The number of amides is 2. The van der Waals surface area contributed by atoms with Crippen LogP contribution < -0.4 is 11.1 Å². The van der Waals surface area contributed by atoms with Gasteiger partial charge in [0.25, 0.3) is 0 Å². The normalized spacial score (nSPS) is 21.8. The topological polar surface area (TPSA) is 75.4 Å². The van der Waals surface area contributed by atoms with Gasteiger partial charge in [-0.25, -0.2) is 0 Å². The summed E-state index contributed by atoms with van der Waals surface area (Å²) in [5.74, 6) is -0.474. The van der Waals surface area contributed by atoms with E-state index in [1.165, 1.54) is 4.90 Å². The minimum Gasteiger partial charge on any atom is -0.368 e. The molecule has 3 N–H and O–H groups in total. The van der Waals surface area contributed by atoms with Crippen LogP contribution in [0.3, 0.4) is 0 Å². The lowest BCUT2D eigenvalue weighted by Crippen LogP contribution is -2.58. The predicted octanol–water partition coefficient (Wildman–Crippen LogP) is -1.71. The van der Waals surface area contributed by atoms with Gasteiger partial charge in [-0.2, -0.15) is 0 Å². The third-order valence-electron chi connectivity index (χ3n) is 2.00. The molecule has 0 aromatic carbocycles. The second-order valence-electron chi connectivity index (χ2n) is 2.82. The number of nitrogens with zero attached hydrogens (tertiary/aromatic N) is 1. The fourth-order valence-corrected chi connectivity index (χ4v) is 1.23. The molecule has 0 spiro atoms. The molecule has 0 radical (unpaired) electrons. The fourth-order valence-electron chi connectivity index (χ4n) is 1.23. The van der Waals surface area contributed by atoms with Crippen LogP contribution in [0.4, 0.5) is 0 Å². The average Bonchev–Trinajstić information content (AvgIpc) is 1.82. The van der Waals surface area contributed by atoms with Gasteiger partial charge in [0.05, 0.1) is 6.54 Å². The molecule has 1 saturated heterocycles. The van der Waals surface area contributed by atoms with Gasteiger partial charge in [-0.15, -0.1) is 0 Å². The van der Waals surface area contributed by atoms with E-state index in [4.69, 9.17) is 5.73 Å². The second kappa shape index (κ2) is 3.53. The van der Waals surface area contributed by atoms with Crippen LogP contribution in [-0.2, 0) is 9.59 Å². The highest BCUT2D eigenvalue weighted by molar-refractivity contribution is 5.89. The lowest BCUT2D eigenvalue weighted by Gasteiger charge is -2.38. The highest BCUT2D eigenvalue weighted by Crippen LogP contribution is 2.16. The molecule has 0 saturated carbocycles. The van der Waals surface area contributed by atoms with Gasteiger partial charge in [0.2, 0.25) is 11.8 Å². The molecule has 2 amide bonds. The van der Waals surface area contributed by atoms with E-state index < -0.39 is 5.91 Å². The zero-order valence-corrected chi connectivity index (χ0v) is 7.04. The third-order valence-corrected chi connectivity index (χ3v) is 2.00. The van der Waals surface area contributed by atoms with Crippen molar-refractivity contribution in [2.24, 2.45) is 5.73 Å². The summed E-state index contributed by atoms with van der Waals surface area (Å²) >= 11 is 0. The maximum Gasteiger partial charge on any atom is 0.240 e. The van der Waals surface area contributed by atoms with Gasteiger partial charge in [0, 0.05) is 6.54 Å². The summed E-state index contributed by atoms with van der Waals surface area (Å²) in [7, 11) is 1.69. The second-order valence-corrected chi connectivity index (χ2v) is 2.82. The molecule has 0 aromatic rings. The van der Waals surface area contributed by atoms with Gasteiger partial charge in [0.1, 0.15) is 6.04 Å². The number of rotatable bonds is 3. The van der Waals surface area contributed by atoms with Crippen molar-refractivity contribution in [3.05, 3.63) is 0 Å². The maximum atomic E-state index is 11.2. The lowest BCUT2D eigenvalue weighted by atomic mass is 10.0. The number of nitrogens with one attached hydrogen (secondary N) is 1. The number of primary amides is 1. The summed E-state index contributed by atoms with van der Waals surface area (Å²) in [6.45, 7) is 0.915. The minimum atomic E-state index is -0.411. The van der Waals surface area contributed by atoms with Gasteiger partial charge in [0.15, 0.2) is 0 Å². The van der Waals surface area contributed by atoms with Gasteiger partial charge in [-0.1, -0.05) is 0 Å². The third kappa shape index (κ3) is 1.55. The Kier molecular flexibility index (Phi) is 2.65. The number of hydrogen-bond donors (Lipinski definition) is 2. The van der Waals surface area contributed by atoms with Crippen LogP contribution in [0.2, 0.25) is 0 Å². The molecule has 1 fully saturated rings. The molecule has 1 aliphatic rings. The Bertz CT molecular complexity index is 205. The largest absolute Gasteiger partial charge is 0.368 e. The molecule has 1 atom stereocenters. The maximum absolute atomic E-state index is 11.2. The first-order valence-electron chi connectivity index (χ1n) is 3.90. The van der Waals surface area contributed by atoms with Crippen molar-refractivity contribution in [2.75, 3.05) is 20.1 Å². The van der Waals surface area contributed by atoms with E-state index in [0.717, 1.165) is 0 Å². The number of carbonyl (C=O) groups excluding carboxylic acids is 2. The molecule has 5 nitrogen and oxygen atoms in total. The van der Waals surface area contributed by atoms with Crippen LogP contribution in [0.15, 0.2) is 0 Å². The number of nitrogens with two attached hydrogens (primary N) is 1. The van der Waals surface area contributed by atoms with Crippen LogP contribution in [0.25, 0.3) is 0 Å². The van der Waals surface area contributed by atoms with Crippen molar-refractivity contribution in [3.8, 4) is 0 Å². The SMILES string of the molecule is CNCC(=O)N1CCC1C(N)=O. The first-order valence-corrected chi connectivity index (χ1v) is 3.90. The van der Waals surface area contributed by atoms with Crippen LogP contribution in [-0.4, -0.2) is 42.9 Å². The van der Waals surface area contributed by atoms with Crippen molar-refractivity contribution < 1.29 is 9.59 Å². The Labute approximate surface area is 70.9 Å². The Morgan fingerprint density at radius 1 is 1.67 bits per heavy atom. The number of hydrogen-bond acceptors (Lipinski definition) is 3. The fraction of sp³-hybridized carbons (Fsp3) is 0.714. The van der Waals surface area contributed by atoms with Crippen LogP contribution >= 0.6 is 0 Å². The molecule has 1 rings (SSSR count). The molecule has 1 unspecified atom stereocenters. The van der Waals surface area contributed by atoms with E-state index in [1.807, 2.05) is 0 Å². The first-order chi connectivity index (χ1) is 5.66. The van der Waals surface area contributed by atoms with E-state index in [-0.39, 0.29) is 18.5 Å².